The van der Waals surface area contributed by atoms with Gasteiger partial charge in [-0.1, -0.05) is 52.0 Å². The van der Waals surface area contributed by atoms with E-state index in [0.717, 1.165) is 0 Å². The molecule has 0 aliphatic heterocycles. The van der Waals surface area contributed by atoms with Gasteiger partial charge in [-0.15, -0.1) is 0 Å². The minimum absolute atomic E-state index is 0.00142. The van der Waals surface area contributed by atoms with Gasteiger partial charge < -0.3 is 14.2 Å². The van der Waals surface area contributed by atoms with Gasteiger partial charge in [-0.3, -0.25) is 14.4 Å². The highest BCUT2D eigenvalue weighted by Crippen LogP contribution is 2.21. The van der Waals surface area contributed by atoms with Crippen LogP contribution >= 0.6 is 0 Å². The van der Waals surface area contributed by atoms with Crippen molar-refractivity contribution in [3.05, 3.63) is 82.0 Å². The van der Waals surface area contributed by atoms with Gasteiger partial charge in [0.05, 0.1) is 23.8 Å². The van der Waals surface area contributed by atoms with Crippen LogP contribution < -0.4 is 5.43 Å². The largest absolute Gasteiger partial charge is 0.464 e. The zero-order valence-electron chi connectivity index (χ0n) is 21.0. The lowest BCUT2D eigenvalue weighted by molar-refractivity contribution is -0.148. The van der Waals surface area contributed by atoms with Gasteiger partial charge in [0.25, 0.3) is 0 Å². The van der Waals surface area contributed by atoms with Gasteiger partial charge >= 0.3 is 0 Å². The number of hydrogen-bond acceptors (Lipinski definition) is 4. The first kappa shape index (κ1) is 26.1. The molecule has 6 nitrogen and oxygen atoms in total. The average Bonchev–Trinajstić information content (AvgIpc) is 2.83. The van der Waals surface area contributed by atoms with Crippen molar-refractivity contribution in [3.63, 3.8) is 0 Å². The molecule has 1 aromatic heterocycles. The summed E-state index contributed by atoms with van der Waals surface area (Å²) >= 11 is 0. The normalized spacial score (nSPS) is 12.4. The Bertz CT molecular complexity index is 1240. The number of benzene rings is 2. The number of nitrogens with zero attached hydrogens (tertiary/aromatic N) is 2. The molecule has 0 bridgehead atoms. The van der Waals surface area contributed by atoms with Crippen molar-refractivity contribution in [3.8, 4) is 0 Å². The summed E-state index contributed by atoms with van der Waals surface area (Å²) in [5.41, 5.74) is 0.647. The second kappa shape index (κ2) is 10.8. The van der Waals surface area contributed by atoms with Gasteiger partial charge in [0, 0.05) is 18.0 Å². The molecular weight excluding hydrogens is 447 g/mol. The monoisotopic (exact) mass is 480 g/mol. The molecule has 0 aliphatic rings. The van der Waals surface area contributed by atoms with E-state index in [1.807, 2.05) is 34.6 Å². The number of carbonyl (C=O) groups is 2. The van der Waals surface area contributed by atoms with Crippen molar-refractivity contribution in [2.75, 3.05) is 6.54 Å². The molecule has 2 amide bonds. The number of fused-ring (bicyclic) bond motifs is 1. The van der Waals surface area contributed by atoms with Crippen LogP contribution in [0.4, 0.5) is 4.39 Å². The molecule has 0 saturated heterocycles. The summed E-state index contributed by atoms with van der Waals surface area (Å²) in [7, 11) is 0. The van der Waals surface area contributed by atoms with Gasteiger partial charge in [0.2, 0.25) is 11.8 Å². The number of hydrogen-bond donors (Lipinski definition) is 0. The van der Waals surface area contributed by atoms with Crippen molar-refractivity contribution < 1.29 is 18.4 Å². The Morgan fingerprint density at radius 2 is 1.69 bits per heavy atom. The molecule has 2 aromatic carbocycles. The fourth-order valence-electron chi connectivity index (χ4n) is 3.80. The smallest absolute Gasteiger partial charge is 0.242 e. The quantitative estimate of drug-likeness (QED) is 0.448. The van der Waals surface area contributed by atoms with Crippen molar-refractivity contribution in [1.82, 2.24) is 9.80 Å². The van der Waals surface area contributed by atoms with Crippen LogP contribution in [0, 0.1) is 11.2 Å². The molecule has 7 heteroatoms. The van der Waals surface area contributed by atoms with Crippen LogP contribution in [0.25, 0.3) is 11.0 Å². The zero-order chi connectivity index (χ0) is 25.8. The van der Waals surface area contributed by atoms with E-state index in [-0.39, 0.29) is 48.7 Å². The van der Waals surface area contributed by atoms with E-state index in [4.69, 9.17) is 4.42 Å². The predicted octanol–water partition coefficient (Wildman–Crippen LogP) is 5.13. The fourth-order valence-corrected chi connectivity index (χ4v) is 3.80. The van der Waals surface area contributed by atoms with Gasteiger partial charge in [-0.05, 0) is 43.2 Å². The number of para-hydroxylation sites is 1. The Kier molecular flexibility index (Phi) is 8.10. The van der Waals surface area contributed by atoms with E-state index in [9.17, 15) is 18.8 Å². The second-order valence-corrected chi connectivity index (χ2v) is 9.90. The van der Waals surface area contributed by atoms with Crippen LogP contribution in [0.5, 0.6) is 0 Å². The molecular formula is C28H33FN2O4. The highest BCUT2D eigenvalue weighted by molar-refractivity contribution is 5.87. The van der Waals surface area contributed by atoms with Crippen LogP contribution in [-0.4, -0.2) is 34.2 Å². The SMILES string of the molecule is CCC(C)N(CC(=O)N(Cc1ccc(F)cc1)Cc1coc2ccccc2c1=O)C(=O)C(C)(C)C. The third-order valence-corrected chi connectivity index (χ3v) is 6.08. The van der Waals surface area contributed by atoms with Crippen LogP contribution in [0.15, 0.2) is 64.0 Å². The molecule has 0 spiro atoms. The molecule has 0 radical (unpaired) electrons. The average molecular weight is 481 g/mol. The highest BCUT2D eigenvalue weighted by Gasteiger charge is 2.32. The molecule has 1 atom stereocenters. The van der Waals surface area contributed by atoms with Gasteiger partial charge in [-0.25, -0.2) is 4.39 Å². The molecule has 186 valence electrons. The van der Waals surface area contributed by atoms with E-state index in [1.165, 1.54) is 23.3 Å². The summed E-state index contributed by atoms with van der Waals surface area (Å²) in [6.07, 6.45) is 2.07. The Morgan fingerprint density at radius 1 is 1.03 bits per heavy atom. The number of rotatable bonds is 8. The Morgan fingerprint density at radius 3 is 2.31 bits per heavy atom. The molecule has 0 saturated carbocycles. The Labute approximate surface area is 205 Å². The highest BCUT2D eigenvalue weighted by atomic mass is 19.1. The van der Waals surface area contributed by atoms with Crippen LogP contribution in [-0.2, 0) is 22.7 Å². The third kappa shape index (κ3) is 6.35. The van der Waals surface area contributed by atoms with Crippen molar-refractivity contribution >= 4 is 22.8 Å². The van der Waals surface area contributed by atoms with E-state index < -0.39 is 5.41 Å². The maximum Gasteiger partial charge on any atom is 0.242 e. The maximum absolute atomic E-state index is 13.6. The summed E-state index contributed by atoms with van der Waals surface area (Å²) in [5, 5.41) is 0.434. The zero-order valence-corrected chi connectivity index (χ0v) is 21.0. The molecule has 0 fully saturated rings. The summed E-state index contributed by atoms with van der Waals surface area (Å²) in [6, 6.07) is 12.7. The van der Waals surface area contributed by atoms with E-state index in [0.29, 0.717) is 28.5 Å². The van der Waals surface area contributed by atoms with Gasteiger partial charge in [-0.2, -0.15) is 0 Å². The summed E-state index contributed by atoms with van der Waals surface area (Å²) < 4.78 is 19.1. The number of carbonyl (C=O) groups excluding carboxylic acids is 2. The molecule has 1 unspecified atom stereocenters. The number of halogens is 1. The van der Waals surface area contributed by atoms with Gasteiger partial charge in [0.1, 0.15) is 17.9 Å². The lowest BCUT2D eigenvalue weighted by atomic mass is 9.93. The molecule has 0 N–H and O–H groups in total. The van der Waals surface area contributed by atoms with Crippen molar-refractivity contribution in [2.24, 2.45) is 5.41 Å². The first-order valence-electron chi connectivity index (χ1n) is 11.8. The molecule has 3 rings (SSSR count). The molecule has 1 heterocycles. The van der Waals surface area contributed by atoms with Crippen molar-refractivity contribution in [1.29, 1.82) is 0 Å². The number of amides is 2. The lowest BCUT2D eigenvalue weighted by Crippen LogP contribution is -2.50. The van der Waals surface area contributed by atoms with E-state index >= 15 is 0 Å². The maximum atomic E-state index is 13.6. The molecule has 0 aliphatic carbocycles. The second-order valence-electron chi connectivity index (χ2n) is 9.90. The standard InChI is InChI=1S/C28H33FN2O4/c1-6-19(2)31(27(34)28(3,4)5)17-25(32)30(15-20-11-13-22(29)14-12-20)16-21-18-35-24-10-8-7-9-23(24)26(21)33/h7-14,18-19H,6,15-17H2,1-5H3. The van der Waals surface area contributed by atoms with Crippen LogP contribution in [0.3, 0.4) is 0 Å². The van der Waals surface area contributed by atoms with E-state index in [2.05, 4.69) is 0 Å². The van der Waals surface area contributed by atoms with E-state index in [1.54, 1.807) is 41.3 Å². The fraction of sp³-hybridized carbons (Fsp3) is 0.393. The summed E-state index contributed by atoms with van der Waals surface area (Å²) in [4.78, 5) is 42.9. The first-order valence-corrected chi connectivity index (χ1v) is 11.8. The minimum Gasteiger partial charge on any atom is -0.464 e. The predicted molar refractivity (Wildman–Crippen MR) is 134 cm³/mol. The van der Waals surface area contributed by atoms with Crippen LogP contribution in [0.1, 0.15) is 52.2 Å². The summed E-state index contributed by atoms with van der Waals surface area (Å²) in [5.74, 6) is -0.799. The van der Waals surface area contributed by atoms with Crippen LogP contribution in [0.2, 0.25) is 0 Å². The summed E-state index contributed by atoms with van der Waals surface area (Å²) in [6.45, 7) is 9.40. The first-order chi connectivity index (χ1) is 16.5. The van der Waals surface area contributed by atoms with Crippen molar-refractivity contribution in [2.45, 2.75) is 60.2 Å². The Hall–Kier alpha value is -3.48. The molecule has 3 aromatic rings. The lowest BCUT2D eigenvalue weighted by Gasteiger charge is -2.35. The molecule has 35 heavy (non-hydrogen) atoms. The van der Waals surface area contributed by atoms with Gasteiger partial charge in [0.15, 0.2) is 5.43 Å². The Balaban J connectivity index is 1.95. The third-order valence-electron chi connectivity index (χ3n) is 6.08. The topological polar surface area (TPSA) is 70.8 Å². The minimum atomic E-state index is -0.648.